The monoisotopic (exact) mass is 304 g/mol. The van der Waals surface area contributed by atoms with Crippen molar-refractivity contribution in [1.29, 1.82) is 0 Å². The summed E-state index contributed by atoms with van der Waals surface area (Å²) in [5, 5.41) is 0.0727. The van der Waals surface area contributed by atoms with E-state index in [-0.39, 0.29) is 5.12 Å². The predicted molar refractivity (Wildman–Crippen MR) is 93.2 cm³/mol. The smallest absolute Gasteiger partial charge is 0.224 e. The third-order valence-electron chi connectivity index (χ3n) is 3.46. The first-order valence-corrected chi connectivity index (χ1v) is 7.98. The van der Waals surface area contributed by atoms with E-state index in [4.69, 9.17) is 0 Å². The van der Waals surface area contributed by atoms with Crippen LogP contribution in [0.25, 0.3) is 11.1 Å². The van der Waals surface area contributed by atoms with Gasteiger partial charge in [0.25, 0.3) is 0 Å². The molecule has 3 rings (SSSR count). The van der Waals surface area contributed by atoms with E-state index in [9.17, 15) is 4.79 Å². The number of thioether (sulfide) groups is 1. The first-order chi connectivity index (χ1) is 10.7. The molecule has 0 N–H and O–H groups in total. The van der Waals surface area contributed by atoms with Crippen molar-refractivity contribution >= 4 is 16.9 Å². The van der Waals surface area contributed by atoms with Crippen molar-refractivity contribution in [3.05, 3.63) is 90.0 Å². The minimum Gasteiger partial charge on any atom is -0.281 e. The maximum atomic E-state index is 12.3. The van der Waals surface area contributed by atoms with Crippen molar-refractivity contribution in [2.75, 3.05) is 0 Å². The van der Waals surface area contributed by atoms with Crippen molar-refractivity contribution in [2.24, 2.45) is 0 Å². The lowest BCUT2D eigenvalue weighted by molar-refractivity contribution is 0.108. The molecule has 0 saturated carbocycles. The number of hydrogen-bond donors (Lipinski definition) is 0. The van der Waals surface area contributed by atoms with E-state index in [0.29, 0.717) is 0 Å². The van der Waals surface area contributed by atoms with Gasteiger partial charge in [-0.1, -0.05) is 60.2 Å². The van der Waals surface area contributed by atoms with Crippen molar-refractivity contribution in [2.45, 2.75) is 11.8 Å². The highest BCUT2D eigenvalue weighted by molar-refractivity contribution is 8.14. The zero-order valence-electron chi connectivity index (χ0n) is 12.3. The molecule has 2 heteroatoms. The van der Waals surface area contributed by atoms with Gasteiger partial charge in [-0.3, -0.25) is 4.79 Å². The SMILES string of the molecule is Cc1ccc(SC(=O)c2ccc(-c3ccccc3)cc2)cc1. The predicted octanol–water partition coefficient (Wildman–Crippen LogP) is 5.59. The van der Waals surface area contributed by atoms with Crippen LogP contribution in [0.1, 0.15) is 15.9 Å². The molecule has 0 aromatic heterocycles. The van der Waals surface area contributed by atoms with E-state index in [0.717, 1.165) is 21.6 Å². The van der Waals surface area contributed by atoms with E-state index in [1.54, 1.807) is 0 Å². The lowest BCUT2D eigenvalue weighted by atomic mass is 10.0. The number of benzene rings is 3. The summed E-state index contributed by atoms with van der Waals surface area (Å²) in [5.41, 5.74) is 4.21. The number of hydrogen-bond acceptors (Lipinski definition) is 2. The van der Waals surface area contributed by atoms with Gasteiger partial charge in [-0.2, -0.15) is 0 Å². The molecule has 0 bridgehead atoms. The highest BCUT2D eigenvalue weighted by atomic mass is 32.2. The zero-order valence-corrected chi connectivity index (χ0v) is 13.1. The minimum absolute atomic E-state index is 0.0727. The van der Waals surface area contributed by atoms with Gasteiger partial charge in [0, 0.05) is 10.5 Å². The van der Waals surface area contributed by atoms with Crippen LogP contribution >= 0.6 is 11.8 Å². The summed E-state index contributed by atoms with van der Waals surface area (Å²) in [6.45, 7) is 2.04. The fraction of sp³-hybridized carbons (Fsp3) is 0.0500. The molecule has 0 aliphatic heterocycles. The average Bonchev–Trinajstić information content (AvgIpc) is 2.58. The topological polar surface area (TPSA) is 17.1 Å². The lowest BCUT2D eigenvalue weighted by Gasteiger charge is -2.04. The summed E-state index contributed by atoms with van der Waals surface area (Å²) in [4.78, 5) is 13.3. The van der Waals surface area contributed by atoms with Gasteiger partial charge in [0.15, 0.2) is 0 Å². The van der Waals surface area contributed by atoms with Crippen molar-refractivity contribution in [3.8, 4) is 11.1 Å². The van der Waals surface area contributed by atoms with Gasteiger partial charge in [-0.15, -0.1) is 0 Å². The van der Waals surface area contributed by atoms with Gasteiger partial charge in [0.05, 0.1) is 0 Å². The Hall–Kier alpha value is -2.32. The van der Waals surface area contributed by atoms with E-state index in [2.05, 4.69) is 12.1 Å². The molecule has 0 fully saturated rings. The Morgan fingerprint density at radius 2 is 1.32 bits per heavy atom. The molecule has 3 aromatic rings. The standard InChI is InChI=1S/C20H16OS/c1-15-7-13-19(14-8-15)22-20(21)18-11-9-17(10-12-18)16-5-3-2-4-6-16/h2-14H,1H3. The van der Waals surface area contributed by atoms with Crippen LogP contribution in [-0.4, -0.2) is 5.12 Å². The Morgan fingerprint density at radius 1 is 0.727 bits per heavy atom. The molecule has 0 spiro atoms. The zero-order chi connectivity index (χ0) is 15.4. The Balaban J connectivity index is 1.75. The molecule has 0 heterocycles. The fourth-order valence-corrected chi connectivity index (χ4v) is 2.94. The highest BCUT2D eigenvalue weighted by Crippen LogP contribution is 2.25. The minimum atomic E-state index is 0.0727. The first-order valence-electron chi connectivity index (χ1n) is 7.17. The Bertz CT molecular complexity index is 759. The lowest BCUT2D eigenvalue weighted by Crippen LogP contribution is -1.93. The average molecular weight is 304 g/mol. The summed E-state index contributed by atoms with van der Waals surface area (Å²) in [5.74, 6) is 0. The molecule has 0 unspecified atom stereocenters. The third kappa shape index (κ3) is 3.46. The Morgan fingerprint density at radius 3 is 1.95 bits per heavy atom. The normalized spacial score (nSPS) is 10.4. The van der Waals surface area contributed by atoms with Crippen LogP contribution < -0.4 is 0 Å². The van der Waals surface area contributed by atoms with Gasteiger partial charge >= 0.3 is 0 Å². The van der Waals surface area contributed by atoms with E-state index >= 15 is 0 Å². The molecular weight excluding hydrogens is 288 g/mol. The van der Waals surface area contributed by atoms with Crippen LogP contribution in [0.5, 0.6) is 0 Å². The quantitative estimate of drug-likeness (QED) is 0.586. The van der Waals surface area contributed by atoms with Gasteiger partial charge in [-0.25, -0.2) is 0 Å². The van der Waals surface area contributed by atoms with Crippen LogP contribution in [0.2, 0.25) is 0 Å². The second kappa shape index (κ2) is 6.63. The largest absolute Gasteiger partial charge is 0.281 e. The van der Waals surface area contributed by atoms with Gasteiger partial charge in [0.1, 0.15) is 0 Å². The van der Waals surface area contributed by atoms with E-state index < -0.39 is 0 Å². The van der Waals surface area contributed by atoms with Crippen molar-refractivity contribution in [1.82, 2.24) is 0 Å². The summed E-state index contributed by atoms with van der Waals surface area (Å²) in [7, 11) is 0. The Kier molecular flexibility index (Phi) is 4.40. The molecule has 3 aromatic carbocycles. The first kappa shape index (κ1) is 14.6. The molecule has 0 aliphatic carbocycles. The maximum absolute atomic E-state index is 12.3. The number of carbonyl (C=O) groups is 1. The van der Waals surface area contributed by atoms with Crippen LogP contribution in [0.15, 0.2) is 83.8 Å². The van der Waals surface area contributed by atoms with Crippen LogP contribution in [0.4, 0.5) is 0 Å². The van der Waals surface area contributed by atoms with E-state index in [1.807, 2.05) is 73.7 Å². The summed E-state index contributed by atoms with van der Waals surface area (Å²) in [6.07, 6.45) is 0. The third-order valence-corrected chi connectivity index (χ3v) is 4.39. The molecule has 0 atom stereocenters. The van der Waals surface area contributed by atoms with Crippen LogP contribution in [0.3, 0.4) is 0 Å². The molecule has 0 aliphatic rings. The van der Waals surface area contributed by atoms with E-state index in [1.165, 1.54) is 17.3 Å². The van der Waals surface area contributed by atoms with Crippen molar-refractivity contribution < 1.29 is 4.79 Å². The van der Waals surface area contributed by atoms with Gasteiger partial charge < -0.3 is 0 Å². The number of rotatable bonds is 3. The molecule has 0 radical (unpaired) electrons. The second-order valence-corrected chi connectivity index (χ2v) is 6.19. The van der Waals surface area contributed by atoms with Gasteiger partial charge in [-0.05, 0) is 54.1 Å². The molecule has 0 amide bonds. The number of aryl methyl sites for hydroxylation is 1. The molecule has 108 valence electrons. The Labute approximate surface area is 135 Å². The maximum Gasteiger partial charge on any atom is 0.224 e. The second-order valence-electron chi connectivity index (χ2n) is 5.15. The van der Waals surface area contributed by atoms with Crippen molar-refractivity contribution in [3.63, 3.8) is 0 Å². The molecule has 0 saturated heterocycles. The summed E-state index contributed by atoms with van der Waals surface area (Å²) < 4.78 is 0. The number of carbonyl (C=O) groups excluding carboxylic acids is 1. The molecular formula is C20H16OS. The molecule has 1 nitrogen and oxygen atoms in total. The summed E-state index contributed by atoms with van der Waals surface area (Å²) in [6, 6.07) is 26.0. The van der Waals surface area contributed by atoms with Crippen LogP contribution in [-0.2, 0) is 0 Å². The fourth-order valence-electron chi connectivity index (χ4n) is 2.20. The summed E-state index contributed by atoms with van der Waals surface area (Å²) >= 11 is 1.27. The van der Waals surface area contributed by atoms with Gasteiger partial charge in [0.2, 0.25) is 5.12 Å². The molecule has 22 heavy (non-hydrogen) atoms. The highest BCUT2D eigenvalue weighted by Gasteiger charge is 2.08. The van der Waals surface area contributed by atoms with Crippen LogP contribution in [0, 0.1) is 6.92 Å².